The van der Waals surface area contributed by atoms with Crippen LogP contribution in [0, 0.1) is 6.92 Å². The number of aryl methyl sites for hydroxylation is 1. The summed E-state index contributed by atoms with van der Waals surface area (Å²) in [4.78, 5) is 14.3. The maximum Gasteiger partial charge on any atom is 0.289 e. The number of nitrogens with zero attached hydrogens (tertiary/aromatic N) is 1. The molecule has 1 N–H and O–H groups in total. The average Bonchev–Trinajstić information content (AvgIpc) is 2.81. The molecule has 1 atom stereocenters. The van der Waals surface area contributed by atoms with Gasteiger partial charge in [-0.05, 0) is 32.0 Å². The minimum Gasteiger partial charge on any atom is -0.451 e. The molecule has 4 heteroatoms. The summed E-state index contributed by atoms with van der Waals surface area (Å²) in [5.41, 5.74) is 1.94. The van der Waals surface area contributed by atoms with Gasteiger partial charge in [0.1, 0.15) is 5.58 Å². The molecule has 0 spiro atoms. The van der Waals surface area contributed by atoms with Crippen molar-refractivity contribution in [1.29, 1.82) is 0 Å². The van der Waals surface area contributed by atoms with Crippen LogP contribution >= 0.6 is 0 Å². The van der Waals surface area contributed by atoms with Crippen LogP contribution in [0.15, 0.2) is 28.7 Å². The van der Waals surface area contributed by atoms with Crippen LogP contribution in [0.1, 0.15) is 23.0 Å². The van der Waals surface area contributed by atoms with Gasteiger partial charge in [0.15, 0.2) is 5.76 Å². The van der Waals surface area contributed by atoms with Gasteiger partial charge in [0.2, 0.25) is 0 Å². The topological polar surface area (TPSA) is 45.5 Å². The number of rotatable bonds is 1. The molecule has 2 aromatic rings. The Morgan fingerprint density at radius 3 is 3.05 bits per heavy atom. The van der Waals surface area contributed by atoms with Gasteiger partial charge >= 0.3 is 0 Å². The molecule has 1 saturated heterocycles. The number of fused-ring (bicyclic) bond motifs is 1. The summed E-state index contributed by atoms with van der Waals surface area (Å²) in [6.07, 6.45) is 0. The van der Waals surface area contributed by atoms with E-state index in [9.17, 15) is 4.79 Å². The molecule has 1 aromatic heterocycles. The third-order valence-corrected chi connectivity index (χ3v) is 3.64. The lowest BCUT2D eigenvalue weighted by Gasteiger charge is -2.33. The van der Waals surface area contributed by atoms with Crippen molar-refractivity contribution < 1.29 is 9.21 Å². The number of piperazine rings is 1. The molecular weight excluding hydrogens is 240 g/mol. The Kier molecular flexibility index (Phi) is 3.03. The molecule has 1 aliphatic rings. The molecule has 0 aliphatic carbocycles. The fourth-order valence-corrected chi connectivity index (χ4v) is 2.55. The van der Waals surface area contributed by atoms with Crippen molar-refractivity contribution in [1.82, 2.24) is 10.2 Å². The van der Waals surface area contributed by atoms with Crippen molar-refractivity contribution in [2.24, 2.45) is 0 Å². The molecular formula is C15H18N2O2. The SMILES string of the molecule is Cc1ccc2oc(C(=O)N3CCNCC3C)cc2c1. The van der Waals surface area contributed by atoms with Gasteiger partial charge in [-0.15, -0.1) is 0 Å². The number of carbonyl (C=O) groups is 1. The smallest absolute Gasteiger partial charge is 0.289 e. The summed E-state index contributed by atoms with van der Waals surface area (Å²) in [6.45, 7) is 6.50. The predicted molar refractivity (Wildman–Crippen MR) is 74.3 cm³/mol. The van der Waals surface area contributed by atoms with Gasteiger partial charge in [-0.25, -0.2) is 0 Å². The third kappa shape index (κ3) is 2.24. The van der Waals surface area contributed by atoms with Gasteiger partial charge in [0, 0.05) is 31.1 Å². The Balaban J connectivity index is 1.92. The molecule has 1 fully saturated rings. The second-order valence-electron chi connectivity index (χ2n) is 5.20. The minimum absolute atomic E-state index is 0.0112. The lowest BCUT2D eigenvalue weighted by Crippen LogP contribution is -2.52. The van der Waals surface area contributed by atoms with Crippen molar-refractivity contribution in [2.75, 3.05) is 19.6 Å². The molecule has 2 heterocycles. The minimum atomic E-state index is -0.0112. The second kappa shape index (κ2) is 4.70. The molecule has 1 aliphatic heterocycles. The van der Waals surface area contributed by atoms with E-state index in [4.69, 9.17) is 4.42 Å². The molecule has 1 aromatic carbocycles. The molecule has 4 nitrogen and oxygen atoms in total. The van der Waals surface area contributed by atoms with Crippen LogP contribution < -0.4 is 5.32 Å². The van der Waals surface area contributed by atoms with Crippen LogP contribution in [0.2, 0.25) is 0 Å². The Labute approximate surface area is 112 Å². The number of hydrogen-bond donors (Lipinski definition) is 1. The van der Waals surface area contributed by atoms with E-state index in [1.54, 1.807) is 0 Å². The van der Waals surface area contributed by atoms with Crippen molar-refractivity contribution in [3.63, 3.8) is 0 Å². The van der Waals surface area contributed by atoms with Crippen LogP contribution in [0.3, 0.4) is 0 Å². The fraction of sp³-hybridized carbons (Fsp3) is 0.400. The van der Waals surface area contributed by atoms with Gasteiger partial charge in [-0.2, -0.15) is 0 Å². The van der Waals surface area contributed by atoms with Crippen molar-refractivity contribution in [3.05, 3.63) is 35.6 Å². The van der Waals surface area contributed by atoms with Gasteiger partial charge in [-0.1, -0.05) is 11.6 Å². The van der Waals surface area contributed by atoms with E-state index in [0.29, 0.717) is 5.76 Å². The molecule has 1 amide bonds. The van der Waals surface area contributed by atoms with Crippen LogP contribution in [0.25, 0.3) is 11.0 Å². The van der Waals surface area contributed by atoms with E-state index in [2.05, 4.69) is 12.2 Å². The largest absolute Gasteiger partial charge is 0.451 e. The van der Waals surface area contributed by atoms with Crippen LogP contribution in [0.5, 0.6) is 0 Å². The molecule has 19 heavy (non-hydrogen) atoms. The lowest BCUT2D eigenvalue weighted by atomic mass is 10.1. The first-order valence-corrected chi connectivity index (χ1v) is 6.67. The van der Waals surface area contributed by atoms with E-state index in [0.717, 1.165) is 30.6 Å². The number of amides is 1. The summed E-state index contributed by atoms with van der Waals surface area (Å²) < 4.78 is 5.67. The molecule has 100 valence electrons. The highest BCUT2D eigenvalue weighted by molar-refractivity contribution is 5.96. The predicted octanol–water partition coefficient (Wildman–Crippen LogP) is 2.18. The number of furan rings is 1. The second-order valence-corrected chi connectivity index (χ2v) is 5.20. The maximum atomic E-state index is 12.5. The third-order valence-electron chi connectivity index (χ3n) is 3.64. The Hall–Kier alpha value is -1.81. The highest BCUT2D eigenvalue weighted by Crippen LogP contribution is 2.22. The zero-order valence-corrected chi connectivity index (χ0v) is 11.3. The normalized spacial score (nSPS) is 19.9. The quantitative estimate of drug-likeness (QED) is 0.852. The maximum absolute atomic E-state index is 12.5. The molecule has 3 rings (SSSR count). The van der Waals surface area contributed by atoms with Crippen molar-refractivity contribution in [3.8, 4) is 0 Å². The highest BCUT2D eigenvalue weighted by Gasteiger charge is 2.26. The van der Waals surface area contributed by atoms with Crippen LogP contribution in [-0.2, 0) is 0 Å². The summed E-state index contributed by atoms with van der Waals surface area (Å²) in [5, 5.41) is 4.27. The number of benzene rings is 1. The van der Waals surface area contributed by atoms with Gasteiger partial charge in [0.05, 0.1) is 0 Å². The molecule has 0 radical (unpaired) electrons. The number of carbonyl (C=O) groups excluding carboxylic acids is 1. The Morgan fingerprint density at radius 1 is 1.42 bits per heavy atom. The lowest BCUT2D eigenvalue weighted by molar-refractivity contribution is 0.0625. The monoisotopic (exact) mass is 258 g/mol. The van der Waals surface area contributed by atoms with Crippen LogP contribution in [0.4, 0.5) is 0 Å². The first kappa shape index (κ1) is 12.2. The molecule has 1 unspecified atom stereocenters. The van der Waals surface area contributed by atoms with Gasteiger partial charge in [0.25, 0.3) is 5.91 Å². The summed E-state index contributed by atoms with van der Waals surface area (Å²) >= 11 is 0. The van der Waals surface area contributed by atoms with Gasteiger partial charge in [-0.3, -0.25) is 4.79 Å². The summed E-state index contributed by atoms with van der Waals surface area (Å²) in [7, 11) is 0. The van der Waals surface area contributed by atoms with Gasteiger partial charge < -0.3 is 14.6 Å². The zero-order valence-electron chi connectivity index (χ0n) is 11.3. The highest BCUT2D eigenvalue weighted by atomic mass is 16.3. The fourth-order valence-electron chi connectivity index (χ4n) is 2.55. The summed E-state index contributed by atoms with van der Waals surface area (Å²) in [5.74, 6) is 0.428. The molecule has 0 bridgehead atoms. The first-order chi connectivity index (χ1) is 9.15. The van der Waals surface area contributed by atoms with Crippen molar-refractivity contribution in [2.45, 2.75) is 19.9 Å². The Morgan fingerprint density at radius 2 is 2.26 bits per heavy atom. The van der Waals surface area contributed by atoms with Crippen LogP contribution in [-0.4, -0.2) is 36.5 Å². The van der Waals surface area contributed by atoms with E-state index < -0.39 is 0 Å². The number of hydrogen-bond acceptors (Lipinski definition) is 3. The average molecular weight is 258 g/mol. The molecule has 0 saturated carbocycles. The van der Waals surface area contributed by atoms with E-state index in [-0.39, 0.29) is 11.9 Å². The van der Waals surface area contributed by atoms with E-state index in [1.807, 2.05) is 36.1 Å². The first-order valence-electron chi connectivity index (χ1n) is 6.67. The number of nitrogens with one attached hydrogen (secondary N) is 1. The zero-order chi connectivity index (χ0) is 13.4. The van der Waals surface area contributed by atoms with E-state index >= 15 is 0 Å². The Bertz CT molecular complexity index is 618. The van der Waals surface area contributed by atoms with E-state index in [1.165, 1.54) is 5.56 Å². The summed E-state index contributed by atoms with van der Waals surface area (Å²) in [6, 6.07) is 8.00. The standard InChI is InChI=1S/C15H18N2O2/c1-10-3-4-13-12(7-10)8-14(19-13)15(18)17-6-5-16-9-11(17)2/h3-4,7-8,11,16H,5-6,9H2,1-2H3. The van der Waals surface area contributed by atoms with Crippen molar-refractivity contribution >= 4 is 16.9 Å².